The van der Waals surface area contributed by atoms with E-state index in [4.69, 9.17) is 18.5 Å². The molecule has 0 aromatic carbocycles. The number of esters is 2. The van der Waals surface area contributed by atoms with Gasteiger partial charge in [-0.25, -0.2) is 0 Å². The van der Waals surface area contributed by atoms with Crippen molar-refractivity contribution < 1.29 is 42.1 Å². The van der Waals surface area contributed by atoms with Gasteiger partial charge in [0.15, 0.2) is 6.10 Å². The molecule has 0 bridgehead atoms. The van der Waals surface area contributed by atoms with E-state index in [2.05, 4.69) is 44.2 Å². The Morgan fingerprint density at radius 2 is 1.12 bits per heavy atom. The number of hydrogen-bond acceptors (Lipinski definition) is 8. The molecular formula is C42H70NO8P. The van der Waals surface area contributed by atoms with Gasteiger partial charge in [0, 0.05) is 12.8 Å². The number of nitrogens with zero attached hydrogens (tertiary/aromatic N) is 1. The van der Waals surface area contributed by atoms with Crippen LogP contribution in [-0.2, 0) is 32.7 Å². The number of carbonyl (C=O) groups is 2. The van der Waals surface area contributed by atoms with Gasteiger partial charge in [-0.2, -0.15) is 0 Å². The van der Waals surface area contributed by atoms with Crippen molar-refractivity contribution in [2.75, 3.05) is 47.5 Å². The average Bonchev–Trinajstić information content (AvgIpc) is 3.09. The third-order valence-corrected chi connectivity index (χ3v) is 8.52. The Hall–Kier alpha value is -2.81. The maximum absolute atomic E-state index is 12.6. The zero-order valence-corrected chi connectivity index (χ0v) is 33.9. The number of phosphoric acid groups is 1. The molecule has 0 radical (unpaired) electrons. The van der Waals surface area contributed by atoms with Gasteiger partial charge < -0.3 is 27.9 Å². The summed E-state index contributed by atoms with van der Waals surface area (Å²) < 4.78 is 33.6. The largest absolute Gasteiger partial charge is 0.756 e. The van der Waals surface area contributed by atoms with Gasteiger partial charge in [-0.1, -0.05) is 137 Å². The number of allylic oxidation sites excluding steroid dienone is 14. The molecule has 0 rings (SSSR count). The normalized spacial score (nSPS) is 14.7. The van der Waals surface area contributed by atoms with Gasteiger partial charge in [0.25, 0.3) is 7.82 Å². The summed E-state index contributed by atoms with van der Waals surface area (Å²) >= 11 is 0. The Bertz CT molecular complexity index is 1160. The topological polar surface area (TPSA) is 111 Å². The molecule has 0 saturated carbocycles. The van der Waals surface area contributed by atoms with E-state index in [0.717, 1.165) is 51.4 Å². The Kier molecular flexibility index (Phi) is 32.2. The van der Waals surface area contributed by atoms with Crippen molar-refractivity contribution in [3.05, 3.63) is 85.1 Å². The second kappa shape index (κ2) is 34.0. The Balaban J connectivity index is 4.58. The predicted octanol–water partition coefficient (Wildman–Crippen LogP) is 9.82. The Morgan fingerprint density at radius 3 is 1.71 bits per heavy atom. The lowest BCUT2D eigenvalue weighted by Crippen LogP contribution is -2.37. The van der Waals surface area contributed by atoms with Crippen molar-refractivity contribution >= 4 is 19.8 Å². The van der Waals surface area contributed by atoms with Crippen LogP contribution in [0.25, 0.3) is 0 Å². The van der Waals surface area contributed by atoms with E-state index in [1.165, 1.54) is 19.3 Å². The quantitative estimate of drug-likeness (QED) is 0.0215. The van der Waals surface area contributed by atoms with E-state index in [1.807, 2.05) is 75.8 Å². The average molecular weight is 748 g/mol. The summed E-state index contributed by atoms with van der Waals surface area (Å²) in [6.07, 6.45) is 42.0. The number of hydrogen-bond donors (Lipinski definition) is 0. The molecule has 0 aliphatic heterocycles. The zero-order chi connectivity index (χ0) is 38.6. The molecular weight excluding hydrogens is 677 g/mol. The fourth-order valence-corrected chi connectivity index (χ4v) is 5.22. The standard InChI is InChI=1S/C42H70NO8P/c1-6-8-10-12-14-16-18-20-21-23-24-26-28-30-32-34-41(44)48-38-40(39-50-52(46,47)49-37-36-43(3,4)5)51-42(45)35-33-31-29-27-25-22-19-17-15-13-11-9-7-2/h9,11,13-20,22,25,27,29,40H,6-8,10,12,21,23-24,26,28,30-39H2,1-5H3/b11-9+,15-13+,16-14+,19-17+,20-18+,25-22+,29-27+. The molecule has 0 spiro atoms. The molecule has 52 heavy (non-hydrogen) atoms. The summed E-state index contributed by atoms with van der Waals surface area (Å²) in [4.78, 5) is 37.3. The summed E-state index contributed by atoms with van der Waals surface area (Å²) in [5.74, 6) is -0.947. The van der Waals surface area contributed by atoms with Gasteiger partial charge in [-0.3, -0.25) is 14.2 Å². The summed E-state index contributed by atoms with van der Waals surface area (Å²) in [6, 6.07) is 0. The SMILES string of the molecule is CC/C=C/C=C/C=C/C=C/C=C/CCCC(=O)OC(COC(=O)CCCCCCCC/C=C/C=C/CCCCC)COP(=O)([O-])OCC[N+](C)(C)C. The first-order chi connectivity index (χ1) is 25.0. The van der Waals surface area contributed by atoms with Gasteiger partial charge in [0.1, 0.15) is 19.8 Å². The highest BCUT2D eigenvalue weighted by Crippen LogP contribution is 2.38. The molecule has 9 nitrogen and oxygen atoms in total. The second-order valence-electron chi connectivity index (χ2n) is 13.7. The first-order valence-electron chi connectivity index (χ1n) is 19.4. The summed E-state index contributed by atoms with van der Waals surface area (Å²) in [5.41, 5.74) is 0. The Morgan fingerprint density at radius 1 is 0.615 bits per heavy atom. The van der Waals surface area contributed by atoms with Crippen LogP contribution >= 0.6 is 7.82 Å². The summed E-state index contributed by atoms with van der Waals surface area (Å²) in [7, 11) is 1.09. The maximum atomic E-state index is 12.6. The van der Waals surface area contributed by atoms with Crippen LogP contribution in [0.3, 0.4) is 0 Å². The number of unbranched alkanes of at least 4 members (excludes halogenated alkanes) is 10. The fourth-order valence-electron chi connectivity index (χ4n) is 4.50. The molecule has 0 amide bonds. The first kappa shape index (κ1) is 49.2. The molecule has 10 heteroatoms. The van der Waals surface area contributed by atoms with Crippen LogP contribution in [0.1, 0.15) is 117 Å². The van der Waals surface area contributed by atoms with E-state index in [0.29, 0.717) is 30.3 Å². The first-order valence-corrected chi connectivity index (χ1v) is 20.8. The maximum Gasteiger partial charge on any atom is 0.306 e. The van der Waals surface area contributed by atoms with Crippen molar-refractivity contribution in [2.45, 2.75) is 123 Å². The smallest absolute Gasteiger partial charge is 0.306 e. The second-order valence-corrected chi connectivity index (χ2v) is 15.1. The molecule has 0 fully saturated rings. The highest BCUT2D eigenvalue weighted by Gasteiger charge is 2.21. The lowest BCUT2D eigenvalue weighted by atomic mass is 10.1. The lowest BCUT2D eigenvalue weighted by molar-refractivity contribution is -0.870. The van der Waals surface area contributed by atoms with Crippen LogP contribution in [0.4, 0.5) is 0 Å². The van der Waals surface area contributed by atoms with Gasteiger partial charge in [-0.05, 0) is 51.4 Å². The lowest BCUT2D eigenvalue weighted by Gasteiger charge is -2.28. The van der Waals surface area contributed by atoms with Crippen LogP contribution in [0.15, 0.2) is 85.1 Å². The van der Waals surface area contributed by atoms with Crippen LogP contribution in [0.2, 0.25) is 0 Å². The van der Waals surface area contributed by atoms with Crippen LogP contribution in [0.5, 0.6) is 0 Å². The molecule has 2 atom stereocenters. The number of rotatable bonds is 33. The van der Waals surface area contributed by atoms with Crippen molar-refractivity contribution in [1.82, 2.24) is 0 Å². The molecule has 0 heterocycles. The predicted molar refractivity (Wildman–Crippen MR) is 212 cm³/mol. The van der Waals surface area contributed by atoms with Crippen molar-refractivity contribution in [3.63, 3.8) is 0 Å². The van der Waals surface area contributed by atoms with Crippen molar-refractivity contribution in [1.29, 1.82) is 0 Å². The van der Waals surface area contributed by atoms with Gasteiger partial charge in [-0.15, -0.1) is 0 Å². The third kappa shape index (κ3) is 37.0. The highest BCUT2D eigenvalue weighted by atomic mass is 31.2. The van der Waals surface area contributed by atoms with Crippen molar-refractivity contribution in [2.24, 2.45) is 0 Å². The monoisotopic (exact) mass is 747 g/mol. The van der Waals surface area contributed by atoms with E-state index < -0.39 is 32.5 Å². The van der Waals surface area contributed by atoms with E-state index in [1.54, 1.807) is 0 Å². The number of carbonyl (C=O) groups excluding carboxylic acids is 2. The molecule has 0 aromatic heterocycles. The highest BCUT2D eigenvalue weighted by molar-refractivity contribution is 7.45. The van der Waals surface area contributed by atoms with Crippen LogP contribution in [0, 0.1) is 0 Å². The minimum atomic E-state index is -4.65. The molecule has 0 aromatic rings. The molecule has 0 saturated heterocycles. The molecule has 296 valence electrons. The number of likely N-dealkylation sites (N-methyl/N-ethyl adjacent to an activating group) is 1. The third-order valence-electron chi connectivity index (χ3n) is 7.56. The molecule has 0 aliphatic rings. The summed E-state index contributed by atoms with van der Waals surface area (Å²) in [6.45, 7) is 3.91. The van der Waals surface area contributed by atoms with E-state index >= 15 is 0 Å². The van der Waals surface area contributed by atoms with Crippen LogP contribution in [-0.4, -0.2) is 70.0 Å². The van der Waals surface area contributed by atoms with Gasteiger partial charge in [0.2, 0.25) is 0 Å². The van der Waals surface area contributed by atoms with Gasteiger partial charge in [0.05, 0.1) is 27.7 Å². The zero-order valence-electron chi connectivity index (χ0n) is 33.0. The molecule has 2 unspecified atom stereocenters. The number of phosphoric ester groups is 1. The van der Waals surface area contributed by atoms with Gasteiger partial charge >= 0.3 is 11.9 Å². The molecule has 0 N–H and O–H groups in total. The molecule has 0 aliphatic carbocycles. The number of ether oxygens (including phenoxy) is 2. The minimum absolute atomic E-state index is 0.0513. The minimum Gasteiger partial charge on any atom is -0.756 e. The van der Waals surface area contributed by atoms with Crippen LogP contribution < -0.4 is 4.89 Å². The number of quaternary nitrogens is 1. The fraction of sp³-hybridized carbons (Fsp3) is 0.619. The van der Waals surface area contributed by atoms with Crippen molar-refractivity contribution in [3.8, 4) is 0 Å². The van der Waals surface area contributed by atoms with E-state index in [-0.39, 0.29) is 26.1 Å². The Labute approximate surface area is 316 Å². The van der Waals surface area contributed by atoms with E-state index in [9.17, 15) is 19.0 Å². The summed E-state index contributed by atoms with van der Waals surface area (Å²) in [5, 5.41) is 0.